The van der Waals surface area contributed by atoms with Crippen LogP contribution in [-0.4, -0.2) is 24.6 Å². The smallest absolute Gasteiger partial charge is 0.223 e. The lowest BCUT2D eigenvalue weighted by molar-refractivity contribution is -0.123. The van der Waals surface area contributed by atoms with Crippen LogP contribution in [0.3, 0.4) is 0 Å². The summed E-state index contributed by atoms with van der Waals surface area (Å²) in [5.41, 5.74) is 7.80. The van der Waals surface area contributed by atoms with Gasteiger partial charge in [0.15, 0.2) is 0 Å². The first kappa shape index (κ1) is 20.7. The van der Waals surface area contributed by atoms with Crippen molar-refractivity contribution in [3.05, 3.63) is 29.3 Å². The number of carbonyl (C=O) groups is 1. The minimum absolute atomic E-state index is 0. The highest BCUT2D eigenvalue weighted by atomic mass is 35.5. The van der Waals surface area contributed by atoms with E-state index in [9.17, 15) is 4.79 Å². The Morgan fingerprint density at radius 3 is 2.41 bits per heavy atom. The molecule has 0 aliphatic carbocycles. The van der Waals surface area contributed by atoms with E-state index in [4.69, 9.17) is 10.5 Å². The summed E-state index contributed by atoms with van der Waals surface area (Å²) < 4.78 is 5.69. The molecule has 0 heterocycles. The molecule has 0 atom stereocenters. The third kappa shape index (κ3) is 5.85. The zero-order valence-electron chi connectivity index (χ0n) is 14.1. The second-order valence-corrected chi connectivity index (χ2v) is 5.61. The first-order chi connectivity index (χ1) is 9.96. The fraction of sp³-hybridized carbons (Fsp3) is 0.588. The molecule has 0 spiro atoms. The molecule has 22 heavy (non-hydrogen) atoms. The number of nitrogens with one attached hydrogen (secondary N) is 1. The molecule has 0 aromatic heterocycles. The monoisotopic (exact) mass is 328 g/mol. The Balaban J connectivity index is 0.00000441. The summed E-state index contributed by atoms with van der Waals surface area (Å²) in [5.74, 6) is 0.832. The highest BCUT2D eigenvalue weighted by molar-refractivity contribution is 5.85. The number of hydrogen-bond acceptors (Lipinski definition) is 3. The molecule has 1 aromatic carbocycles. The Hall–Kier alpha value is -1.26. The molecule has 0 fully saturated rings. The maximum Gasteiger partial charge on any atom is 0.223 e. The topological polar surface area (TPSA) is 64.3 Å². The summed E-state index contributed by atoms with van der Waals surface area (Å²) in [6.45, 7) is 8.99. The van der Waals surface area contributed by atoms with Gasteiger partial charge in [-0.25, -0.2) is 0 Å². The van der Waals surface area contributed by atoms with Crippen LogP contribution in [0.5, 0.6) is 5.75 Å². The van der Waals surface area contributed by atoms with Gasteiger partial charge in [0.05, 0.1) is 18.6 Å². The van der Waals surface area contributed by atoms with Crippen molar-refractivity contribution >= 4 is 18.3 Å². The van der Waals surface area contributed by atoms with Crippen molar-refractivity contribution in [2.45, 2.75) is 52.5 Å². The van der Waals surface area contributed by atoms with Gasteiger partial charge in [0.25, 0.3) is 0 Å². The second kappa shape index (κ2) is 9.70. The van der Waals surface area contributed by atoms with Crippen molar-refractivity contribution in [2.75, 3.05) is 13.2 Å². The maximum absolute atomic E-state index is 12.0. The second-order valence-electron chi connectivity index (χ2n) is 5.61. The third-order valence-electron chi connectivity index (χ3n) is 4.07. The minimum Gasteiger partial charge on any atom is -0.493 e. The first-order valence-corrected chi connectivity index (χ1v) is 7.67. The fourth-order valence-corrected chi connectivity index (χ4v) is 2.34. The number of aryl methyl sites for hydroxylation is 2. The lowest BCUT2D eigenvalue weighted by atomic mass is 9.93. The quantitative estimate of drug-likeness (QED) is 0.770. The van der Waals surface area contributed by atoms with Crippen LogP contribution in [0.15, 0.2) is 18.2 Å². The van der Waals surface area contributed by atoms with Crippen molar-refractivity contribution in [1.29, 1.82) is 0 Å². The van der Waals surface area contributed by atoms with E-state index < -0.39 is 0 Å². The number of halogens is 1. The van der Waals surface area contributed by atoms with E-state index >= 15 is 0 Å². The summed E-state index contributed by atoms with van der Waals surface area (Å²) in [7, 11) is 0. The number of amides is 1. The first-order valence-electron chi connectivity index (χ1n) is 7.67. The number of rotatable bonds is 8. The lowest BCUT2D eigenvalue weighted by Crippen LogP contribution is -2.53. The average Bonchev–Trinajstić information content (AvgIpc) is 2.47. The number of carbonyl (C=O) groups excluding carboxylic acids is 1. The maximum atomic E-state index is 12.0. The highest BCUT2D eigenvalue weighted by Crippen LogP contribution is 2.19. The Morgan fingerprint density at radius 1 is 1.27 bits per heavy atom. The molecular weight excluding hydrogens is 300 g/mol. The van der Waals surface area contributed by atoms with Crippen molar-refractivity contribution in [3.8, 4) is 5.75 Å². The number of benzene rings is 1. The van der Waals surface area contributed by atoms with Gasteiger partial charge >= 0.3 is 0 Å². The van der Waals surface area contributed by atoms with Crippen LogP contribution >= 0.6 is 12.4 Å². The molecule has 0 aliphatic heterocycles. The normalized spacial score (nSPS) is 10.8. The van der Waals surface area contributed by atoms with Gasteiger partial charge in [0.2, 0.25) is 5.91 Å². The Kier molecular flexibility index (Phi) is 9.14. The number of hydrogen-bond donors (Lipinski definition) is 2. The van der Waals surface area contributed by atoms with Crippen LogP contribution in [0, 0.1) is 13.8 Å². The van der Waals surface area contributed by atoms with Crippen LogP contribution in [0.1, 0.15) is 44.2 Å². The van der Waals surface area contributed by atoms with Crippen LogP contribution in [-0.2, 0) is 4.79 Å². The van der Waals surface area contributed by atoms with E-state index in [1.807, 2.05) is 39.8 Å². The van der Waals surface area contributed by atoms with Crippen molar-refractivity contribution in [2.24, 2.45) is 5.73 Å². The molecule has 1 rings (SSSR count). The summed E-state index contributed by atoms with van der Waals surface area (Å²) in [6, 6.07) is 6.03. The SMILES string of the molecule is CCC(CC)(CN)NC(=O)CCOc1ccc(C)cc1C.Cl. The molecule has 0 saturated heterocycles. The number of ether oxygens (including phenoxy) is 1. The highest BCUT2D eigenvalue weighted by Gasteiger charge is 2.25. The largest absolute Gasteiger partial charge is 0.493 e. The van der Waals surface area contributed by atoms with E-state index in [0.717, 1.165) is 24.2 Å². The molecule has 0 unspecified atom stereocenters. The lowest BCUT2D eigenvalue weighted by Gasteiger charge is -2.31. The Bertz CT molecular complexity index is 465. The van der Waals surface area contributed by atoms with E-state index in [1.165, 1.54) is 5.56 Å². The van der Waals surface area contributed by atoms with Crippen molar-refractivity contribution in [3.63, 3.8) is 0 Å². The van der Waals surface area contributed by atoms with Crippen LogP contribution in [0.4, 0.5) is 0 Å². The van der Waals surface area contributed by atoms with Gasteiger partial charge in [-0.15, -0.1) is 12.4 Å². The van der Waals surface area contributed by atoms with E-state index in [-0.39, 0.29) is 23.9 Å². The van der Waals surface area contributed by atoms with Gasteiger partial charge in [-0.3, -0.25) is 4.79 Å². The Morgan fingerprint density at radius 2 is 1.91 bits per heavy atom. The molecule has 4 nitrogen and oxygen atoms in total. The van der Waals surface area contributed by atoms with E-state index in [2.05, 4.69) is 11.4 Å². The zero-order valence-corrected chi connectivity index (χ0v) is 14.9. The zero-order chi connectivity index (χ0) is 15.9. The van der Waals surface area contributed by atoms with Gasteiger partial charge in [-0.2, -0.15) is 0 Å². The Labute approximate surface area is 140 Å². The predicted octanol–water partition coefficient (Wildman–Crippen LogP) is 3.13. The number of nitrogens with two attached hydrogens (primary N) is 1. The third-order valence-corrected chi connectivity index (χ3v) is 4.07. The molecule has 126 valence electrons. The van der Waals surface area contributed by atoms with Crippen molar-refractivity contribution < 1.29 is 9.53 Å². The molecule has 3 N–H and O–H groups in total. The van der Waals surface area contributed by atoms with E-state index in [1.54, 1.807) is 0 Å². The van der Waals surface area contributed by atoms with E-state index in [0.29, 0.717) is 19.6 Å². The summed E-state index contributed by atoms with van der Waals surface area (Å²) in [4.78, 5) is 12.0. The molecule has 0 radical (unpaired) electrons. The fourth-order valence-electron chi connectivity index (χ4n) is 2.34. The summed E-state index contributed by atoms with van der Waals surface area (Å²) in [6.07, 6.45) is 2.02. The molecule has 0 aliphatic rings. The molecule has 1 aromatic rings. The molecular formula is C17H29ClN2O2. The molecule has 0 bridgehead atoms. The molecule has 5 heteroatoms. The average molecular weight is 329 g/mol. The van der Waals surface area contributed by atoms with Gasteiger partial charge in [-0.1, -0.05) is 31.5 Å². The van der Waals surface area contributed by atoms with Crippen LogP contribution < -0.4 is 15.8 Å². The standard InChI is InChI=1S/C17H28N2O2.ClH/c1-5-17(6-2,12-18)19-16(20)9-10-21-15-8-7-13(3)11-14(15)4;/h7-8,11H,5-6,9-10,12,18H2,1-4H3,(H,19,20);1H. The van der Waals surface area contributed by atoms with Gasteiger partial charge in [0, 0.05) is 6.54 Å². The van der Waals surface area contributed by atoms with Crippen LogP contribution in [0.25, 0.3) is 0 Å². The minimum atomic E-state index is -0.281. The van der Waals surface area contributed by atoms with Crippen LogP contribution in [0.2, 0.25) is 0 Å². The predicted molar refractivity (Wildman–Crippen MR) is 93.8 cm³/mol. The van der Waals surface area contributed by atoms with Crippen molar-refractivity contribution in [1.82, 2.24) is 5.32 Å². The van der Waals surface area contributed by atoms with Gasteiger partial charge < -0.3 is 15.8 Å². The molecule has 0 saturated carbocycles. The van der Waals surface area contributed by atoms with Gasteiger partial charge in [0.1, 0.15) is 5.75 Å². The van der Waals surface area contributed by atoms with Gasteiger partial charge in [-0.05, 0) is 38.3 Å². The summed E-state index contributed by atoms with van der Waals surface area (Å²) in [5, 5.41) is 3.05. The summed E-state index contributed by atoms with van der Waals surface area (Å²) >= 11 is 0. The molecule has 1 amide bonds.